The van der Waals surface area contributed by atoms with Gasteiger partial charge in [-0.25, -0.2) is 0 Å². The van der Waals surface area contributed by atoms with Gasteiger partial charge >= 0.3 is 7.12 Å². The van der Waals surface area contributed by atoms with Crippen LogP contribution in [0.25, 0.3) is 32.3 Å². The maximum absolute atomic E-state index is 6.33. The minimum Gasteiger partial charge on any atom is -0.399 e. The van der Waals surface area contributed by atoms with Gasteiger partial charge in [-0.15, -0.1) is 0 Å². The van der Waals surface area contributed by atoms with E-state index in [4.69, 9.17) is 9.31 Å². The highest BCUT2D eigenvalue weighted by atomic mass is 79.9. The molecule has 0 unspecified atom stereocenters. The van der Waals surface area contributed by atoms with Crippen molar-refractivity contribution in [3.8, 4) is 0 Å². The van der Waals surface area contributed by atoms with E-state index in [-0.39, 0.29) is 18.3 Å². The molecule has 26 heavy (non-hydrogen) atoms. The molecule has 1 saturated heterocycles. The van der Waals surface area contributed by atoms with Crippen molar-refractivity contribution in [1.82, 2.24) is 0 Å². The molecule has 0 saturated carbocycles. The highest BCUT2D eigenvalue weighted by Crippen LogP contribution is 2.40. The van der Waals surface area contributed by atoms with Crippen molar-refractivity contribution >= 4 is 60.8 Å². The number of halogens is 1. The zero-order valence-electron chi connectivity index (χ0n) is 15.4. The van der Waals surface area contributed by atoms with E-state index < -0.39 is 0 Å². The molecule has 2 nitrogen and oxygen atoms in total. The first-order valence-corrected chi connectivity index (χ1v) is 9.79. The number of hydrogen-bond acceptors (Lipinski definition) is 2. The summed E-state index contributed by atoms with van der Waals surface area (Å²) in [6.07, 6.45) is 0. The third-order valence-electron chi connectivity index (χ3n) is 6.15. The van der Waals surface area contributed by atoms with E-state index >= 15 is 0 Å². The van der Waals surface area contributed by atoms with Crippen molar-refractivity contribution in [2.75, 3.05) is 0 Å². The van der Waals surface area contributed by atoms with Crippen molar-refractivity contribution in [3.05, 3.63) is 53.0 Å². The molecule has 0 N–H and O–H groups in total. The van der Waals surface area contributed by atoms with Crippen molar-refractivity contribution < 1.29 is 9.31 Å². The van der Waals surface area contributed by atoms with E-state index in [1.807, 2.05) is 0 Å². The van der Waals surface area contributed by atoms with Crippen LogP contribution in [0.2, 0.25) is 0 Å². The third-order valence-corrected chi connectivity index (χ3v) is 6.84. The van der Waals surface area contributed by atoms with Crippen LogP contribution in [0.5, 0.6) is 0 Å². The highest BCUT2D eigenvalue weighted by molar-refractivity contribution is 9.10. The molecule has 0 aliphatic carbocycles. The molecule has 0 bridgehead atoms. The fourth-order valence-corrected chi connectivity index (χ4v) is 4.43. The monoisotopic (exact) mass is 406 g/mol. The van der Waals surface area contributed by atoms with Crippen LogP contribution in [0, 0.1) is 0 Å². The Hall–Kier alpha value is -1.62. The number of hydrogen-bond donors (Lipinski definition) is 0. The molecular formula is C22H20BBrO2. The zero-order chi connectivity index (χ0) is 18.3. The summed E-state index contributed by atoms with van der Waals surface area (Å²) < 4.78 is 13.8. The topological polar surface area (TPSA) is 18.5 Å². The van der Waals surface area contributed by atoms with E-state index in [9.17, 15) is 0 Å². The van der Waals surface area contributed by atoms with Gasteiger partial charge in [-0.2, -0.15) is 0 Å². The maximum atomic E-state index is 6.33. The van der Waals surface area contributed by atoms with Crippen molar-refractivity contribution in [1.29, 1.82) is 0 Å². The van der Waals surface area contributed by atoms with E-state index in [0.29, 0.717) is 0 Å². The normalized spacial score (nSPS) is 19.2. The molecule has 0 atom stereocenters. The van der Waals surface area contributed by atoms with Crippen molar-refractivity contribution in [3.63, 3.8) is 0 Å². The summed E-state index contributed by atoms with van der Waals surface area (Å²) in [6.45, 7) is 8.39. The van der Waals surface area contributed by atoms with Crippen molar-refractivity contribution in [2.45, 2.75) is 38.9 Å². The molecule has 5 rings (SSSR count). The van der Waals surface area contributed by atoms with Crippen LogP contribution in [-0.4, -0.2) is 18.3 Å². The lowest BCUT2D eigenvalue weighted by Gasteiger charge is -2.32. The largest absolute Gasteiger partial charge is 0.495 e. The van der Waals surface area contributed by atoms with E-state index in [1.165, 1.54) is 32.3 Å². The molecule has 1 aliphatic rings. The summed E-state index contributed by atoms with van der Waals surface area (Å²) in [5.41, 5.74) is 0.417. The lowest BCUT2D eigenvalue weighted by molar-refractivity contribution is 0.00578. The average molecular weight is 407 g/mol. The minimum absolute atomic E-state index is 0.343. The van der Waals surface area contributed by atoms with E-state index in [0.717, 1.165) is 9.94 Å². The van der Waals surface area contributed by atoms with Gasteiger partial charge in [0.25, 0.3) is 0 Å². The maximum Gasteiger partial charge on any atom is 0.495 e. The molecule has 4 heteroatoms. The summed E-state index contributed by atoms with van der Waals surface area (Å²) in [6, 6.07) is 17.4. The Balaban J connectivity index is 1.82. The fraction of sp³-hybridized carbons (Fsp3) is 0.273. The second kappa shape index (κ2) is 5.22. The first-order valence-electron chi connectivity index (χ1n) is 9.00. The van der Waals surface area contributed by atoms with E-state index in [2.05, 4.69) is 92.2 Å². The predicted molar refractivity (Wildman–Crippen MR) is 114 cm³/mol. The van der Waals surface area contributed by atoms with Crippen LogP contribution < -0.4 is 5.46 Å². The first kappa shape index (κ1) is 16.6. The van der Waals surface area contributed by atoms with Crippen LogP contribution >= 0.6 is 15.9 Å². The third kappa shape index (κ3) is 2.13. The van der Waals surface area contributed by atoms with Crippen LogP contribution in [0.3, 0.4) is 0 Å². The SMILES string of the molecule is CC1(C)OB(c2ccc3ccc4c(Br)ccc5ccc2c3c54)OC1(C)C. The zero-order valence-corrected chi connectivity index (χ0v) is 17.0. The number of rotatable bonds is 1. The van der Waals surface area contributed by atoms with Crippen LogP contribution in [-0.2, 0) is 9.31 Å². The van der Waals surface area contributed by atoms with Crippen molar-refractivity contribution in [2.24, 2.45) is 0 Å². The van der Waals surface area contributed by atoms with Gasteiger partial charge in [-0.3, -0.25) is 0 Å². The highest BCUT2D eigenvalue weighted by Gasteiger charge is 2.52. The Morgan fingerprint density at radius 2 is 1.19 bits per heavy atom. The van der Waals surface area contributed by atoms with E-state index in [1.54, 1.807) is 0 Å². The second-order valence-corrected chi connectivity index (χ2v) is 9.07. The molecule has 4 aromatic rings. The lowest BCUT2D eigenvalue weighted by atomic mass is 9.74. The summed E-state index contributed by atoms with van der Waals surface area (Å²) in [4.78, 5) is 0. The lowest BCUT2D eigenvalue weighted by Crippen LogP contribution is -2.41. The van der Waals surface area contributed by atoms with Gasteiger partial charge < -0.3 is 9.31 Å². The summed E-state index contributed by atoms with van der Waals surface area (Å²) in [7, 11) is -0.354. The Labute approximate surface area is 162 Å². The molecule has 1 heterocycles. The van der Waals surface area contributed by atoms with Crippen LogP contribution in [0.1, 0.15) is 27.7 Å². The molecule has 0 amide bonds. The molecule has 4 aromatic carbocycles. The van der Waals surface area contributed by atoms with Crippen LogP contribution in [0.4, 0.5) is 0 Å². The minimum atomic E-state index is -0.354. The fourth-order valence-electron chi connectivity index (χ4n) is 3.96. The predicted octanol–water partition coefficient (Wildman–Crippen LogP) is 5.65. The van der Waals surface area contributed by atoms with Gasteiger partial charge in [0, 0.05) is 4.47 Å². The Morgan fingerprint density at radius 3 is 1.85 bits per heavy atom. The molecule has 130 valence electrons. The molecule has 1 fully saturated rings. The molecule has 0 radical (unpaired) electrons. The molecule has 0 spiro atoms. The standard InChI is InChI=1S/C22H20BBrO2/c1-21(2)22(3,4)26-23(25-21)17-11-7-13-6-10-16-18(24)12-8-14-5-9-15(17)19(13)20(14)16/h5-12H,1-4H3. The van der Waals surface area contributed by atoms with Gasteiger partial charge in [-0.05, 0) is 71.5 Å². The first-order chi connectivity index (χ1) is 12.3. The van der Waals surface area contributed by atoms with Gasteiger partial charge in [0.2, 0.25) is 0 Å². The van der Waals surface area contributed by atoms with Gasteiger partial charge in [-0.1, -0.05) is 58.4 Å². The summed E-state index contributed by atoms with van der Waals surface area (Å²) in [5.74, 6) is 0. The summed E-state index contributed by atoms with van der Waals surface area (Å²) >= 11 is 3.71. The smallest absolute Gasteiger partial charge is 0.399 e. The Morgan fingerprint density at radius 1 is 0.692 bits per heavy atom. The molecule has 1 aliphatic heterocycles. The molecule has 0 aromatic heterocycles. The Bertz CT molecular complexity index is 1150. The van der Waals surface area contributed by atoms with Gasteiger partial charge in [0.1, 0.15) is 0 Å². The van der Waals surface area contributed by atoms with Gasteiger partial charge in [0.15, 0.2) is 0 Å². The Kier molecular flexibility index (Phi) is 3.32. The van der Waals surface area contributed by atoms with Gasteiger partial charge in [0.05, 0.1) is 11.2 Å². The average Bonchev–Trinajstić information content (AvgIpc) is 2.81. The summed E-state index contributed by atoms with van der Waals surface area (Å²) in [5, 5.41) is 7.54. The second-order valence-electron chi connectivity index (χ2n) is 8.21. The van der Waals surface area contributed by atoms with Crippen LogP contribution in [0.15, 0.2) is 53.0 Å². The molecular weight excluding hydrogens is 387 g/mol. The number of benzene rings is 4. The quantitative estimate of drug-likeness (QED) is 0.300.